The van der Waals surface area contributed by atoms with Crippen molar-refractivity contribution in [1.29, 1.82) is 0 Å². The Morgan fingerprint density at radius 2 is 2.08 bits per heavy atom. The predicted octanol–water partition coefficient (Wildman–Crippen LogP) is 2.26. The third kappa shape index (κ3) is 2.05. The Morgan fingerprint density at radius 3 is 2.58 bits per heavy atom. The SMILES string of the molecule is Cc1ncc(CS)c(C)c1O.Cl. The van der Waals surface area contributed by atoms with E-state index >= 15 is 0 Å². The second kappa shape index (κ2) is 4.58. The second-order valence-corrected chi connectivity index (χ2v) is 2.82. The molecule has 0 atom stereocenters. The number of halogens is 1. The number of aromatic hydroxyl groups is 1. The molecule has 12 heavy (non-hydrogen) atoms. The predicted molar refractivity (Wildman–Crippen MR) is 55.3 cm³/mol. The summed E-state index contributed by atoms with van der Waals surface area (Å²) in [7, 11) is 0. The van der Waals surface area contributed by atoms with Crippen LogP contribution in [0, 0.1) is 13.8 Å². The molecule has 1 heterocycles. The maximum Gasteiger partial charge on any atom is 0.139 e. The van der Waals surface area contributed by atoms with Crippen LogP contribution in [0.4, 0.5) is 0 Å². The van der Waals surface area contributed by atoms with Crippen LogP contribution in [-0.2, 0) is 5.75 Å². The second-order valence-electron chi connectivity index (χ2n) is 2.50. The summed E-state index contributed by atoms with van der Waals surface area (Å²) in [6, 6.07) is 0. The minimum Gasteiger partial charge on any atom is -0.506 e. The van der Waals surface area contributed by atoms with Gasteiger partial charge in [-0.1, -0.05) is 0 Å². The molecule has 1 rings (SSSR count). The third-order valence-corrected chi connectivity index (χ3v) is 2.10. The van der Waals surface area contributed by atoms with Crippen molar-refractivity contribution < 1.29 is 5.11 Å². The molecule has 0 aliphatic heterocycles. The molecule has 0 amide bonds. The Balaban J connectivity index is 0.00000121. The molecule has 68 valence electrons. The van der Waals surface area contributed by atoms with E-state index < -0.39 is 0 Å². The van der Waals surface area contributed by atoms with Crippen LogP contribution in [0.5, 0.6) is 5.75 Å². The highest BCUT2D eigenvalue weighted by atomic mass is 35.5. The fourth-order valence-electron chi connectivity index (χ4n) is 0.916. The number of aryl methyl sites for hydroxylation is 1. The smallest absolute Gasteiger partial charge is 0.139 e. The largest absolute Gasteiger partial charge is 0.506 e. The fraction of sp³-hybridized carbons (Fsp3) is 0.375. The van der Waals surface area contributed by atoms with E-state index in [1.54, 1.807) is 13.1 Å². The Bertz CT molecular complexity index is 278. The molecular weight excluding hydrogens is 194 g/mol. The molecule has 2 nitrogen and oxygen atoms in total. The maximum absolute atomic E-state index is 9.42. The highest BCUT2D eigenvalue weighted by Crippen LogP contribution is 2.22. The van der Waals surface area contributed by atoms with Crippen LogP contribution in [0.3, 0.4) is 0 Å². The van der Waals surface area contributed by atoms with Crippen LogP contribution in [0.15, 0.2) is 6.20 Å². The summed E-state index contributed by atoms with van der Waals surface area (Å²) in [6.45, 7) is 3.65. The van der Waals surface area contributed by atoms with Gasteiger partial charge in [-0.25, -0.2) is 0 Å². The maximum atomic E-state index is 9.42. The van der Waals surface area contributed by atoms with Gasteiger partial charge in [-0.3, -0.25) is 4.98 Å². The van der Waals surface area contributed by atoms with E-state index in [1.165, 1.54) is 0 Å². The summed E-state index contributed by atoms with van der Waals surface area (Å²) < 4.78 is 0. The Kier molecular flexibility index (Phi) is 4.42. The van der Waals surface area contributed by atoms with Crippen molar-refractivity contribution in [3.8, 4) is 5.75 Å². The Morgan fingerprint density at radius 1 is 1.50 bits per heavy atom. The zero-order valence-corrected chi connectivity index (χ0v) is 8.75. The Labute approximate surface area is 83.8 Å². The topological polar surface area (TPSA) is 33.1 Å². The first-order valence-corrected chi connectivity index (χ1v) is 4.05. The number of thiol groups is 1. The van der Waals surface area contributed by atoms with Gasteiger partial charge in [0, 0.05) is 11.9 Å². The molecule has 1 N–H and O–H groups in total. The molecule has 0 saturated heterocycles. The van der Waals surface area contributed by atoms with Gasteiger partial charge in [-0.2, -0.15) is 12.6 Å². The zero-order chi connectivity index (χ0) is 8.43. The number of rotatable bonds is 1. The number of pyridine rings is 1. The third-order valence-electron chi connectivity index (χ3n) is 1.76. The molecule has 4 heteroatoms. The van der Waals surface area contributed by atoms with Crippen molar-refractivity contribution in [3.05, 3.63) is 23.0 Å². The minimum absolute atomic E-state index is 0. The van der Waals surface area contributed by atoms with Crippen LogP contribution < -0.4 is 0 Å². The van der Waals surface area contributed by atoms with Gasteiger partial charge >= 0.3 is 0 Å². The van der Waals surface area contributed by atoms with Gasteiger partial charge in [0.15, 0.2) is 0 Å². The fourth-order valence-corrected chi connectivity index (χ4v) is 1.23. The van der Waals surface area contributed by atoms with Crippen molar-refractivity contribution in [3.63, 3.8) is 0 Å². The quantitative estimate of drug-likeness (QED) is 0.690. The number of hydrogen-bond acceptors (Lipinski definition) is 3. The normalized spacial score (nSPS) is 9.25. The van der Waals surface area contributed by atoms with E-state index in [9.17, 15) is 5.11 Å². The summed E-state index contributed by atoms with van der Waals surface area (Å²) >= 11 is 4.11. The van der Waals surface area contributed by atoms with E-state index in [-0.39, 0.29) is 18.2 Å². The number of hydrogen-bond donors (Lipinski definition) is 2. The lowest BCUT2D eigenvalue weighted by molar-refractivity contribution is 0.462. The molecule has 0 fully saturated rings. The average Bonchev–Trinajstić information content (AvgIpc) is 2.01. The molecule has 0 aliphatic carbocycles. The first kappa shape index (κ1) is 11.6. The minimum atomic E-state index is 0. The van der Waals surface area contributed by atoms with Crippen molar-refractivity contribution in [1.82, 2.24) is 4.98 Å². The lowest BCUT2D eigenvalue weighted by Crippen LogP contribution is -1.91. The van der Waals surface area contributed by atoms with Gasteiger partial charge in [0.25, 0.3) is 0 Å². The molecule has 1 aromatic rings. The van der Waals surface area contributed by atoms with Gasteiger partial charge in [0.1, 0.15) is 5.75 Å². The van der Waals surface area contributed by atoms with E-state index in [0.29, 0.717) is 11.4 Å². The van der Waals surface area contributed by atoms with Crippen molar-refractivity contribution in [2.24, 2.45) is 0 Å². The monoisotopic (exact) mass is 205 g/mol. The van der Waals surface area contributed by atoms with Gasteiger partial charge in [0.05, 0.1) is 5.69 Å². The van der Waals surface area contributed by atoms with Gasteiger partial charge in [0.2, 0.25) is 0 Å². The van der Waals surface area contributed by atoms with Crippen molar-refractivity contribution >= 4 is 25.0 Å². The summed E-state index contributed by atoms with van der Waals surface area (Å²) in [5.41, 5.74) is 2.54. The molecular formula is C8H12ClNOS. The lowest BCUT2D eigenvalue weighted by atomic mass is 10.1. The number of aromatic nitrogens is 1. The van der Waals surface area contributed by atoms with Crippen molar-refractivity contribution in [2.75, 3.05) is 0 Å². The molecule has 0 unspecified atom stereocenters. The van der Waals surface area contributed by atoms with E-state index in [2.05, 4.69) is 17.6 Å². The van der Waals surface area contributed by atoms with E-state index in [4.69, 9.17) is 0 Å². The number of nitrogens with zero attached hydrogens (tertiary/aromatic N) is 1. The van der Waals surface area contributed by atoms with Crippen LogP contribution in [0.1, 0.15) is 16.8 Å². The summed E-state index contributed by atoms with van der Waals surface area (Å²) in [5, 5.41) is 9.42. The lowest BCUT2D eigenvalue weighted by Gasteiger charge is -2.05. The van der Waals surface area contributed by atoms with Gasteiger partial charge in [-0.15, -0.1) is 12.4 Å². The average molecular weight is 206 g/mol. The first-order valence-electron chi connectivity index (χ1n) is 3.41. The highest BCUT2D eigenvalue weighted by Gasteiger charge is 2.04. The van der Waals surface area contributed by atoms with Crippen LogP contribution >= 0.6 is 25.0 Å². The summed E-state index contributed by atoms with van der Waals surface area (Å²) in [5.74, 6) is 0.906. The molecule has 0 bridgehead atoms. The molecule has 0 spiro atoms. The summed E-state index contributed by atoms with van der Waals surface area (Å²) in [6.07, 6.45) is 1.75. The van der Waals surface area contributed by atoms with Crippen molar-refractivity contribution in [2.45, 2.75) is 19.6 Å². The molecule has 1 aromatic heterocycles. The molecule has 0 aromatic carbocycles. The van der Waals surface area contributed by atoms with Gasteiger partial charge < -0.3 is 5.11 Å². The van der Waals surface area contributed by atoms with Crippen LogP contribution in [0.2, 0.25) is 0 Å². The van der Waals surface area contributed by atoms with Crippen LogP contribution in [-0.4, -0.2) is 10.1 Å². The molecule has 0 radical (unpaired) electrons. The van der Waals surface area contributed by atoms with E-state index in [0.717, 1.165) is 11.1 Å². The Hall–Kier alpha value is -0.410. The van der Waals surface area contributed by atoms with E-state index in [1.807, 2.05) is 6.92 Å². The molecule has 0 saturated carbocycles. The molecule has 0 aliphatic rings. The first-order chi connectivity index (χ1) is 5.16. The standard InChI is InChI=1S/C8H11NOS.ClH/c1-5-7(4-11)3-9-6(2)8(5)10;/h3,10-11H,4H2,1-2H3;1H. The summed E-state index contributed by atoms with van der Waals surface area (Å²) in [4.78, 5) is 4.01. The van der Waals surface area contributed by atoms with Gasteiger partial charge in [-0.05, 0) is 25.0 Å². The van der Waals surface area contributed by atoms with Crippen LogP contribution in [0.25, 0.3) is 0 Å². The zero-order valence-electron chi connectivity index (χ0n) is 7.03. The highest BCUT2D eigenvalue weighted by molar-refractivity contribution is 7.79.